The second-order valence-corrected chi connectivity index (χ2v) is 6.01. The van der Waals surface area contributed by atoms with Crippen LogP contribution in [-0.4, -0.2) is 29.0 Å². The number of anilines is 1. The number of halogens is 1. The number of fused-ring (bicyclic) bond motifs is 1. The molecule has 20 heavy (non-hydrogen) atoms. The molecule has 0 aliphatic heterocycles. The Morgan fingerprint density at radius 3 is 2.85 bits per heavy atom. The van der Waals surface area contributed by atoms with E-state index in [1.165, 1.54) is 0 Å². The first-order valence-electron chi connectivity index (χ1n) is 6.41. The molecule has 5 nitrogen and oxygen atoms in total. The van der Waals surface area contributed by atoms with Gasteiger partial charge in [-0.1, -0.05) is 13.8 Å². The number of primary amides is 1. The molecule has 0 fully saturated rings. The van der Waals surface area contributed by atoms with Crippen molar-refractivity contribution in [2.45, 2.75) is 13.8 Å². The molecule has 1 amide bonds. The molecule has 2 heterocycles. The fourth-order valence-electron chi connectivity index (χ4n) is 2.12. The number of nitrogens with two attached hydrogens (primary N) is 1. The molecular weight excluding hydrogens is 320 g/mol. The molecule has 0 saturated heterocycles. The van der Waals surface area contributed by atoms with Crippen LogP contribution in [0.15, 0.2) is 29.0 Å². The predicted octanol–water partition coefficient (Wildman–Crippen LogP) is 2.34. The van der Waals surface area contributed by atoms with Crippen molar-refractivity contribution in [3.05, 3.63) is 29.0 Å². The Hall–Kier alpha value is -1.69. The smallest absolute Gasteiger partial charge is 0.236 e. The van der Waals surface area contributed by atoms with Gasteiger partial charge in [0.1, 0.15) is 5.52 Å². The SMILES string of the molecule is CC(C)CN(CC(N)=O)c1ccnc2cc(Br)cnc12. The topological polar surface area (TPSA) is 72.1 Å². The van der Waals surface area contributed by atoms with Gasteiger partial charge in [0.05, 0.1) is 17.7 Å². The molecule has 0 bridgehead atoms. The minimum absolute atomic E-state index is 0.176. The van der Waals surface area contributed by atoms with Crippen LogP contribution in [0.5, 0.6) is 0 Å². The number of rotatable bonds is 5. The highest BCUT2D eigenvalue weighted by Crippen LogP contribution is 2.25. The fourth-order valence-corrected chi connectivity index (χ4v) is 2.44. The number of carbonyl (C=O) groups excluding carboxylic acids is 1. The van der Waals surface area contributed by atoms with E-state index < -0.39 is 0 Å². The molecule has 106 valence electrons. The van der Waals surface area contributed by atoms with Gasteiger partial charge in [-0.2, -0.15) is 0 Å². The lowest BCUT2D eigenvalue weighted by molar-refractivity contribution is -0.116. The summed E-state index contributed by atoms with van der Waals surface area (Å²) in [5, 5.41) is 0. The minimum atomic E-state index is -0.354. The van der Waals surface area contributed by atoms with Crippen LogP contribution in [0.25, 0.3) is 11.0 Å². The number of nitrogens with zero attached hydrogens (tertiary/aromatic N) is 3. The standard InChI is InChI=1S/C14H17BrN4O/c1-9(2)7-19(8-13(16)20)12-3-4-17-11-5-10(15)6-18-14(11)12/h3-6,9H,7-8H2,1-2H3,(H2,16,20). The van der Waals surface area contributed by atoms with Crippen molar-refractivity contribution in [1.29, 1.82) is 0 Å². The highest BCUT2D eigenvalue weighted by molar-refractivity contribution is 9.10. The summed E-state index contributed by atoms with van der Waals surface area (Å²) in [4.78, 5) is 22.0. The molecule has 2 rings (SSSR count). The number of hydrogen-bond donors (Lipinski definition) is 1. The van der Waals surface area contributed by atoms with Gasteiger partial charge in [-0.25, -0.2) is 0 Å². The van der Waals surface area contributed by atoms with Crippen LogP contribution in [0.3, 0.4) is 0 Å². The van der Waals surface area contributed by atoms with Crippen LogP contribution in [-0.2, 0) is 4.79 Å². The largest absolute Gasteiger partial charge is 0.368 e. The van der Waals surface area contributed by atoms with Crippen LogP contribution in [0, 0.1) is 5.92 Å². The molecule has 2 aromatic heterocycles. The Morgan fingerprint density at radius 1 is 1.45 bits per heavy atom. The average Bonchev–Trinajstić information content (AvgIpc) is 2.35. The molecule has 2 aromatic rings. The summed E-state index contributed by atoms with van der Waals surface area (Å²) in [5.74, 6) is 0.0562. The Labute approximate surface area is 126 Å². The van der Waals surface area contributed by atoms with E-state index in [0.717, 1.165) is 27.7 Å². The molecule has 0 spiro atoms. The summed E-state index contributed by atoms with van der Waals surface area (Å²) in [6, 6.07) is 3.78. The third-order valence-electron chi connectivity index (χ3n) is 2.80. The molecule has 0 aliphatic rings. The fraction of sp³-hybridized carbons (Fsp3) is 0.357. The Balaban J connectivity index is 2.49. The zero-order chi connectivity index (χ0) is 14.7. The quantitative estimate of drug-likeness (QED) is 0.909. The molecule has 0 unspecified atom stereocenters. The van der Waals surface area contributed by atoms with Gasteiger partial charge in [0.15, 0.2) is 0 Å². The number of amides is 1. The van der Waals surface area contributed by atoms with E-state index >= 15 is 0 Å². The van der Waals surface area contributed by atoms with Crippen LogP contribution in [0.1, 0.15) is 13.8 Å². The monoisotopic (exact) mass is 336 g/mol. The van der Waals surface area contributed by atoms with Gasteiger partial charge in [-0.3, -0.25) is 14.8 Å². The predicted molar refractivity (Wildman–Crippen MR) is 83.5 cm³/mol. The summed E-state index contributed by atoms with van der Waals surface area (Å²) in [7, 11) is 0. The van der Waals surface area contributed by atoms with Gasteiger partial charge in [0, 0.05) is 23.4 Å². The molecule has 0 radical (unpaired) electrons. The summed E-state index contributed by atoms with van der Waals surface area (Å²) >= 11 is 3.38. The first-order chi connectivity index (χ1) is 9.47. The first-order valence-corrected chi connectivity index (χ1v) is 7.20. The van der Waals surface area contributed by atoms with Crippen LogP contribution < -0.4 is 10.6 Å². The van der Waals surface area contributed by atoms with Gasteiger partial charge >= 0.3 is 0 Å². The number of pyridine rings is 2. The molecule has 0 saturated carbocycles. The van der Waals surface area contributed by atoms with E-state index in [4.69, 9.17) is 5.73 Å². The van der Waals surface area contributed by atoms with Gasteiger partial charge in [-0.05, 0) is 34.0 Å². The van der Waals surface area contributed by atoms with Crippen molar-refractivity contribution >= 4 is 38.6 Å². The normalized spacial score (nSPS) is 11.0. The third-order valence-corrected chi connectivity index (χ3v) is 3.23. The van der Waals surface area contributed by atoms with Crippen LogP contribution in [0.4, 0.5) is 5.69 Å². The van der Waals surface area contributed by atoms with Gasteiger partial charge in [0.2, 0.25) is 5.91 Å². The zero-order valence-corrected chi connectivity index (χ0v) is 13.1. The maximum atomic E-state index is 11.3. The van der Waals surface area contributed by atoms with Crippen molar-refractivity contribution in [3.8, 4) is 0 Å². The highest BCUT2D eigenvalue weighted by atomic mass is 79.9. The van der Waals surface area contributed by atoms with E-state index in [9.17, 15) is 4.79 Å². The Bertz CT molecular complexity index is 630. The molecular formula is C14H17BrN4O. The molecule has 0 atom stereocenters. The lowest BCUT2D eigenvalue weighted by Gasteiger charge is -2.25. The van der Waals surface area contributed by atoms with E-state index in [1.54, 1.807) is 12.4 Å². The summed E-state index contributed by atoms with van der Waals surface area (Å²) in [5.41, 5.74) is 7.80. The van der Waals surface area contributed by atoms with Gasteiger partial charge in [-0.15, -0.1) is 0 Å². The summed E-state index contributed by atoms with van der Waals surface area (Å²) in [6.45, 7) is 5.11. The molecule has 0 aromatic carbocycles. The van der Waals surface area contributed by atoms with Gasteiger partial charge < -0.3 is 10.6 Å². The lowest BCUT2D eigenvalue weighted by Crippen LogP contribution is -2.36. The maximum Gasteiger partial charge on any atom is 0.236 e. The highest BCUT2D eigenvalue weighted by Gasteiger charge is 2.15. The molecule has 2 N–H and O–H groups in total. The maximum absolute atomic E-state index is 11.3. The van der Waals surface area contributed by atoms with E-state index in [1.807, 2.05) is 17.0 Å². The Kier molecular flexibility index (Phi) is 4.54. The third kappa shape index (κ3) is 3.45. The van der Waals surface area contributed by atoms with Gasteiger partial charge in [0.25, 0.3) is 0 Å². The van der Waals surface area contributed by atoms with E-state index in [0.29, 0.717) is 5.92 Å². The molecule has 6 heteroatoms. The van der Waals surface area contributed by atoms with Crippen molar-refractivity contribution < 1.29 is 4.79 Å². The van der Waals surface area contributed by atoms with Crippen LogP contribution in [0.2, 0.25) is 0 Å². The second-order valence-electron chi connectivity index (χ2n) is 5.09. The van der Waals surface area contributed by atoms with Crippen LogP contribution >= 0.6 is 15.9 Å². The first kappa shape index (κ1) is 14.7. The number of carbonyl (C=O) groups is 1. The molecule has 0 aliphatic carbocycles. The average molecular weight is 337 g/mol. The van der Waals surface area contributed by atoms with Crippen molar-refractivity contribution in [3.63, 3.8) is 0 Å². The van der Waals surface area contributed by atoms with Crippen molar-refractivity contribution in [2.24, 2.45) is 11.7 Å². The van der Waals surface area contributed by atoms with Crippen molar-refractivity contribution in [1.82, 2.24) is 9.97 Å². The number of hydrogen-bond acceptors (Lipinski definition) is 4. The summed E-state index contributed by atoms with van der Waals surface area (Å²) < 4.78 is 0.875. The second kappa shape index (κ2) is 6.17. The lowest BCUT2D eigenvalue weighted by atomic mass is 10.1. The number of aromatic nitrogens is 2. The zero-order valence-electron chi connectivity index (χ0n) is 11.5. The minimum Gasteiger partial charge on any atom is -0.368 e. The Morgan fingerprint density at radius 2 is 2.20 bits per heavy atom. The van der Waals surface area contributed by atoms with E-state index in [2.05, 4.69) is 39.7 Å². The van der Waals surface area contributed by atoms with Crippen molar-refractivity contribution in [2.75, 3.05) is 18.0 Å². The summed E-state index contributed by atoms with van der Waals surface area (Å²) in [6.07, 6.45) is 3.45. The van der Waals surface area contributed by atoms with E-state index in [-0.39, 0.29) is 12.5 Å².